The Labute approximate surface area is 162 Å². The summed E-state index contributed by atoms with van der Waals surface area (Å²) in [5.74, 6) is 0.850. The predicted octanol–water partition coefficient (Wildman–Crippen LogP) is 3.98. The minimum Gasteiger partial charge on any atom is -0.494 e. The zero-order valence-corrected chi connectivity index (χ0v) is 16.0. The molecule has 0 atom stereocenters. The van der Waals surface area contributed by atoms with Crippen molar-refractivity contribution in [3.05, 3.63) is 54.1 Å². The standard InChI is InChI=1S/C20H22N4O2S/c1-2-3-11-26-16-8-6-7-15(12-16)13-21-24-19(25)14-27-20-22-17-9-4-5-10-18(17)23-20/h4-10,12-13H,2-3,11,14H2,1H3,(H,22,23)(H,24,25)/b21-13-. The van der Waals surface area contributed by atoms with Gasteiger partial charge in [-0.3, -0.25) is 4.79 Å². The molecule has 0 aliphatic heterocycles. The molecule has 1 aromatic heterocycles. The average Bonchev–Trinajstić information content (AvgIpc) is 3.10. The summed E-state index contributed by atoms with van der Waals surface area (Å²) >= 11 is 1.34. The molecule has 1 amide bonds. The van der Waals surface area contributed by atoms with Crippen LogP contribution in [0.2, 0.25) is 0 Å². The van der Waals surface area contributed by atoms with E-state index in [4.69, 9.17) is 4.74 Å². The van der Waals surface area contributed by atoms with Gasteiger partial charge in [0.2, 0.25) is 0 Å². The summed E-state index contributed by atoms with van der Waals surface area (Å²) in [5.41, 5.74) is 5.25. The van der Waals surface area contributed by atoms with Gasteiger partial charge in [0.15, 0.2) is 5.16 Å². The number of nitrogens with one attached hydrogen (secondary N) is 2. The molecule has 0 saturated carbocycles. The first-order valence-corrected chi connectivity index (χ1v) is 9.85. The molecule has 0 unspecified atom stereocenters. The molecule has 7 heteroatoms. The van der Waals surface area contributed by atoms with Gasteiger partial charge >= 0.3 is 0 Å². The highest BCUT2D eigenvalue weighted by atomic mass is 32.2. The lowest BCUT2D eigenvalue weighted by Gasteiger charge is -2.05. The van der Waals surface area contributed by atoms with Crippen LogP contribution in [0.5, 0.6) is 5.75 Å². The van der Waals surface area contributed by atoms with Crippen molar-refractivity contribution < 1.29 is 9.53 Å². The number of thioether (sulfide) groups is 1. The molecule has 0 bridgehead atoms. The van der Waals surface area contributed by atoms with Crippen molar-refractivity contribution in [2.24, 2.45) is 5.10 Å². The zero-order valence-electron chi connectivity index (χ0n) is 15.1. The number of hydrogen-bond donors (Lipinski definition) is 2. The smallest absolute Gasteiger partial charge is 0.250 e. The van der Waals surface area contributed by atoms with E-state index in [0.29, 0.717) is 11.8 Å². The van der Waals surface area contributed by atoms with Crippen molar-refractivity contribution in [3.63, 3.8) is 0 Å². The number of para-hydroxylation sites is 2. The first-order valence-electron chi connectivity index (χ1n) is 8.87. The van der Waals surface area contributed by atoms with Gasteiger partial charge in [0.25, 0.3) is 5.91 Å². The van der Waals surface area contributed by atoms with Crippen LogP contribution < -0.4 is 10.2 Å². The first-order chi connectivity index (χ1) is 13.2. The van der Waals surface area contributed by atoms with Crippen molar-refractivity contribution in [1.29, 1.82) is 0 Å². The van der Waals surface area contributed by atoms with Gasteiger partial charge in [-0.25, -0.2) is 10.4 Å². The van der Waals surface area contributed by atoms with Crippen LogP contribution in [0.25, 0.3) is 11.0 Å². The van der Waals surface area contributed by atoms with Crippen LogP contribution >= 0.6 is 11.8 Å². The molecule has 0 fully saturated rings. The minimum absolute atomic E-state index is 0.188. The monoisotopic (exact) mass is 382 g/mol. The molecular formula is C20H22N4O2S. The second kappa shape index (κ2) is 9.78. The summed E-state index contributed by atoms with van der Waals surface area (Å²) in [5, 5.41) is 4.73. The van der Waals surface area contributed by atoms with Crippen LogP contribution in [-0.4, -0.2) is 34.4 Å². The minimum atomic E-state index is -0.188. The van der Waals surface area contributed by atoms with E-state index in [2.05, 4.69) is 27.4 Å². The van der Waals surface area contributed by atoms with Crippen molar-refractivity contribution in [2.45, 2.75) is 24.9 Å². The van der Waals surface area contributed by atoms with E-state index in [1.165, 1.54) is 11.8 Å². The van der Waals surface area contributed by atoms with Crippen LogP contribution in [0.4, 0.5) is 0 Å². The van der Waals surface area contributed by atoms with Crippen molar-refractivity contribution in [3.8, 4) is 5.75 Å². The van der Waals surface area contributed by atoms with E-state index in [-0.39, 0.29) is 11.7 Å². The van der Waals surface area contributed by atoms with Gasteiger partial charge < -0.3 is 9.72 Å². The summed E-state index contributed by atoms with van der Waals surface area (Å²) in [6, 6.07) is 15.4. The highest BCUT2D eigenvalue weighted by molar-refractivity contribution is 7.99. The Morgan fingerprint density at radius 2 is 2.19 bits per heavy atom. The van der Waals surface area contributed by atoms with Gasteiger partial charge in [-0.05, 0) is 36.2 Å². The number of unbranched alkanes of at least 4 members (excludes halogenated alkanes) is 1. The molecule has 2 aromatic carbocycles. The fourth-order valence-electron chi connectivity index (χ4n) is 2.36. The SMILES string of the molecule is CCCCOc1cccc(/C=N\NC(=O)CSc2nc3ccccc3[nH]2)c1. The maximum Gasteiger partial charge on any atom is 0.250 e. The lowest BCUT2D eigenvalue weighted by Crippen LogP contribution is -2.19. The number of carbonyl (C=O) groups excluding carboxylic acids is 1. The molecule has 6 nitrogen and oxygen atoms in total. The maximum absolute atomic E-state index is 12.0. The normalized spacial score (nSPS) is 11.1. The van der Waals surface area contributed by atoms with Crippen molar-refractivity contribution in [1.82, 2.24) is 15.4 Å². The third-order valence-electron chi connectivity index (χ3n) is 3.74. The number of ether oxygens (including phenoxy) is 1. The van der Waals surface area contributed by atoms with E-state index in [1.807, 2.05) is 48.5 Å². The highest BCUT2D eigenvalue weighted by Crippen LogP contribution is 2.18. The zero-order chi connectivity index (χ0) is 18.9. The summed E-state index contributed by atoms with van der Waals surface area (Å²) in [7, 11) is 0. The van der Waals surface area contributed by atoms with Crippen molar-refractivity contribution >= 4 is 34.9 Å². The molecule has 0 saturated heterocycles. The summed E-state index contributed by atoms with van der Waals surface area (Å²) in [6.07, 6.45) is 3.73. The second-order valence-corrected chi connectivity index (χ2v) is 6.88. The van der Waals surface area contributed by atoms with Gasteiger partial charge in [-0.15, -0.1) is 0 Å². The van der Waals surface area contributed by atoms with Crippen LogP contribution in [0.15, 0.2) is 58.8 Å². The number of fused-ring (bicyclic) bond motifs is 1. The molecule has 0 aliphatic rings. The fourth-order valence-corrected chi connectivity index (χ4v) is 3.04. The number of aromatic nitrogens is 2. The molecule has 0 aliphatic carbocycles. The summed E-state index contributed by atoms with van der Waals surface area (Å²) in [4.78, 5) is 19.6. The summed E-state index contributed by atoms with van der Waals surface area (Å²) < 4.78 is 5.66. The summed E-state index contributed by atoms with van der Waals surface area (Å²) in [6.45, 7) is 2.83. The maximum atomic E-state index is 12.0. The van der Waals surface area contributed by atoms with E-state index < -0.39 is 0 Å². The largest absolute Gasteiger partial charge is 0.494 e. The van der Waals surface area contributed by atoms with Crippen molar-refractivity contribution in [2.75, 3.05) is 12.4 Å². The number of carbonyl (C=O) groups is 1. The Morgan fingerprint density at radius 1 is 1.30 bits per heavy atom. The lowest BCUT2D eigenvalue weighted by atomic mass is 10.2. The van der Waals surface area contributed by atoms with Crippen LogP contribution in [0.3, 0.4) is 0 Å². The molecule has 3 rings (SSSR count). The molecule has 2 N–H and O–H groups in total. The lowest BCUT2D eigenvalue weighted by molar-refractivity contribution is -0.118. The average molecular weight is 382 g/mol. The van der Waals surface area contributed by atoms with E-state index in [0.717, 1.165) is 35.2 Å². The van der Waals surface area contributed by atoms with Gasteiger partial charge in [0.1, 0.15) is 5.75 Å². The van der Waals surface area contributed by atoms with Crippen LogP contribution in [0, 0.1) is 0 Å². The predicted molar refractivity (Wildman–Crippen MR) is 109 cm³/mol. The number of H-pyrrole nitrogens is 1. The third-order valence-corrected chi connectivity index (χ3v) is 4.61. The van der Waals surface area contributed by atoms with Gasteiger partial charge in [-0.2, -0.15) is 5.10 Å². The van der Waals surface area contributed by atoms with Gasteiger partial charge in [0.05, 0.1) is 29.6 Å². The topological polar surface area (TPSA) is 79.4 Å². The number of nitrogens with zero attached hydrogens (tertiary/aromatic N) is 2. The van der Waals surface area contributed by atoms with Gasteiger partial charge in [-0.1, -0.05) is 49.4 Å². The van der Waals surface area contributed by atoms with E-state index in [1.54, 1.807) is 6.21 Å². The Kier molecular flexibility index (Phi) is 6.87. The second-order valence-electron chi connectivity index (χ2n) is 5.92. The Balaban J connectivity index is 1.46. The molecule has 140 valence electrons. The quantitative estimate of drug-likeness (QED) is 0.254. The number of amides is 1. The Bertz CT molecular complexity index is 890. The number of rotatable bonds is 9. The number of imidazole rings is 1. The Hall–Kier alpha value is -2.80. The number of hydrogen-bond acceptors (Lipinski definition) is 5. The van der Waals surface area contributed by atoms with E-state index in [9.17, 15) is 4.79 Å². The van der Waals surface area contributed by atoms with Gasteiger partial charge in [0, 0.05) is 0 Å². The van der Waals surface area contributed by atoms with Crippen LogP contribution in [-0.2, 0) is 4.79 Å². The Morgan fingerprint density at radius 3 is 3.04 bits per heavy atom. The van der Waals surface area contributed by atoms with E-state index >= 15 is 0 Å². The molecule has 3 aromatic rings. The third kappa shape index (κ3) is 5.86. The highest BCUT2D eigenvalue weighted by Gasteiger charge is 2.06. The molecular weight excluding hydrogens is 360 g/mol. The molecule has 27 heavy (non-hydrogen) atoms. The molecule has 0 spiro atoms. The van der Waals surface area contributed by atoms with Crippen LogP contribution in [0.1, 0.15) is 25.3 Å². The first kappa shape index (κ1) is 19.0. The molecule has 1 heterocycles. The molecule has 0 radical (unpaired) electrons. The number of benzene rings is 2. The fraction of sp³-hybridized carbons (Fsp3) is 0.250. The number of aromatic amines is 1. The number of hydrazone groups is 1.